The molecule has 2 aromatic rings. The molecular weight excluding hydrogens is 466 g/mol. The molecular formula is C30H45N3O2S. The summed E-state index contributed by atoms with van der Waals surface area (Å²) < 4.78 is 0. The molecule has 4 rings (SSSR count). The van der Waals surface area contributed by atoms with Gasteiger partial charge < -0.3 is 14.8 Å². The number of carbonyl (C=O) groups excluding carboxylic acids is 1. The zero-order valence-corrected chi connectivity index (χ0v) is 24.2. The summed E-state index contributed by atoms with van der Waals surface area (Å²) in [6, 6.07) is 1.99. The summed E-state index contributed by atoms with van der Waals surface area (Å²) in [5.74, 6) is 1.25. The summed E-state index contributed by atoms with van der Waals surface area (Å²) in [6.07, 6.45) is 5.58. The van der Waals surface area contributed by atoms with Gasteiger partial charge in [0.2, 0.25) is 0 Å². The maximum Gasteiger partial charge on any atom is 0.255 e. The second-order valence-electron chi connectivity index (χ2n) is 12.1. The smallest absolute Gasteiger partial charge is 0.255 e. The highest BCUT2D eigenvalue weighted by Gasteiger charge is 2.33. The normalized spacial score (nSPS) is 18.9. The minimum Gasteiger partial charge on any atom is -0.334 e. The number of aromatic amines is 1. The molecule has 0 radical (unpaired) electrons. The van der Waals surface area contributed by atoms with E-state index in [2.05, 4.69) is 44.5 Å². The molecule has 1 atom stereocenters. The first-order chi connectivity index (χ1) is 17.0. The molecule has 2 aliphatic rings. The Balaban J connectivity index is 1.50. The zero-order valence-electron chi connectivity index (χ0n) is 23.4. The second kappa shape index (κ2) is 10.8. The van der Waals surface area contributed by atoms with Crippen molar-refractivity contribution in [1.29, 1.82) is 0 Å². The number of rotatable bonds is 7. The highest BCUT2D eigenvalue weighted by atomic mass is 32.1. The molecule has 1 amide bonds. The van der Waals surface area contributed by atoms with Gasteiger partial charge in [0.05, 0.1) is 12.1 Å². The first kappa shape index (κ1) is 27.1. The molecule has 2 aliphatic heterocycles. The Morgan fingerprint density at radius 3 is 2.47 bits per heavy atom. The lowest BCUT2D eigenvalue weighted by Gasteiger charge is -2.38. The zero-order chi connectivity index (χ0) is 26.2. The number of nitrogens with one attached hydrogen (secondary N) is 1. The van der Waals surface area contributed by atoms with Gasteiger partial charge in [-0.2, -0.15) is 0 Å². The Bertz CT molecular complexity index is 1150. The van der Waals surface area contributed by atoms with Gasteiger partial charge in [0.15, 0.2) is 0 Å². The van der Waals surface area contributed by atoms with Crippen molar-refractivity contribution < 1.29 is 4.79 Å². The predicted molar refractivity (Wildman–Crippen MR) is 150 cm³/mol. The Hall–Kier alpha value is -1.92. The van der Waals surface area contributed by atoms with Gasteiger partial charge in [0.25, 0.3) is 11.5 Å². The highest BCUT2D eigenvalue weighted by molar-refractivity contribution is 7.12. The van der Waals surface area contributed by atoms with E-state index in [0.29, 0.717) is 35.9 Å². The van der Waals surface area contributed by atoms with Crippen LogP contribution in [0.25, 0.3) is 0 Å². The van der Waals surface area contributed by atoms with Crippen LogP contribution in [0.5, 0.6) is 0 Å². The van der Waals surface area contributed by atoms with E-state index < -0.39 is 0 Å². The third-order valence-electron chi connectivity index (χ3n) is 8.79. The molecule has 0 aromatic carbocycles. The number of amides is 1. The van der Waals surface area contributed by atoms with Crippen LogP contribution in [0.1, 0.15) is 102 Å². The average Bonchev–Trinajstić information content (AvgIpc) is 3.06. The number of thiophene rings is 1. The van der Waals surface area contributed by atoms with Crippen LogP contribution in [-0.4, -0.2) is 46.9 Å². The molecule has 0 bridgehead atoms. The molecule has 1 N–H and O–H groups in total. The summed E-state index contributed by atoms with van der Waals surface area (Å²) in [5, 5.41) is 0. The predicted octanol–water partition coefficient (Wildman–Crippen LogP) is 6.20. The topological polar surface area (TPSA) is 56.4 Å². The number of hydrogen-bond donors (Lipinski definition) is 1. The Labute approximate surface area is 221 Å². The van der Waals surface area contributed by atoms with Crippen LogP contribution >= 0.6 is 11.3 Å². The van der Waals surface area contributed by atoms with Crippen LogP contribution in [0.4, 0.5) is 0 Å². The van der Waals surface area contributed by atoms with E-state index in [9.17, 15) is 9.59 Å². The number of H-pyrrole nitrogens is 1. The molecule has 0 spiro atoms. The van der Waals surface area contributed by atoms with E-state index in [1.807, 2.05) is 36.2 Å². The van der Waals surface area contributed by atoms with Crippen LogP contribution < -0.4 is 5.56 Å². The van der Waals surface area contributed by atoms with Crippen molar-refractivity contribution >= 4 is 17.2 Å². The maximum absolute atomic E-state index is 13.8. The molecule has 0 saturated carbocycles. The van der Waals surface area contributed by atoms with Crippen LogP contribution in [0.15, 0.2) is 10.9 Å². The monoisotopic (exact) mass is 511 g/mol. The fourth-order valence-corrected chi connectivity index (χ4v) is 7.62. The average molecular weight is 512 g/mol. The largest absolute Gasteiger partial charge is 0.334 e. The number of piperidine rings is 1. The second-order valence-corrected chi connectivity index (χ2v) is 13.2. The first-order valence-corrected chi connectivity index (χ1v) is 14.7. The molecule has 198 valence electrons. The quantitative estimate of drug-likeness (QED) is 0.481. The molecule has 0 aliphatic carbocycles. The van der Waals surface area contributed by atoms with E-state index in [-0.39, 0.29) is 11.5 Å². The summed E-state index contributed by atoms with van der Waals surface area (Å²) in [6.45, 7) is 20.1. The number of hydrogen-bond acceptors (Lipinski definition) is 4. The van der Waals surface area contributed by atoms with E-state index in [0.717, 1.165) is 29.7 Å². The fraction of sp³-hybridized carbons (Fsp3) is 0.667. The van der Waals surface area contributed by atoms with Crippen LogP contribution in [0.3, 0.4) is 0 Å². The van der Waals surface area contributed by atoms with Crippen molar-refractivity contribution in [3.63, 3.8) is 0 Å². The Kier molecular flexibility index (Phi) is 8.16. The summed E-state index contributed by atoms with van der Waals surface area (Å²) >= 11 is 1.88. The van der Waals surface area contributed by atoms with Gasteiger partial charge >= 0.3 is 0 Å². The van der Waals surface area contributed by atoms with E-state index in [4.69, 9.17) is 0 Å². The van der Waals surface area contributed by atoms with Crippen LogP contribution in [0.2, 0.25) is 0 Å². The standard InChI is InChI=1S/C30H45N3O2S/c1-8-30(6,7)18-32-14-11-23(12-15-32)21(4)27-22(5)26-25(36-27)10-9-13-33(29(26)35)17-24-19(2)16-20(3)31-28(24)34/h16,21,23H,8-15,17-18H2,1-7H3,(H,31,34)/t21-/m1/s1. The number of fused-ring (bicyclic) bond motifs is 1. The van der Waals surface area contributed by atoms with Crippen LogP contribution in [-0.2, 0) is 13.0 Å². The van der Waals surface area contributed by atoms with Gasteiger partial charge in [-0.15, -0.1) is 11.3 Å². The van der Waals surface area contributed by atoms with Crippen molar-refractivity contribution in [2.45, 2.75) is 93.0 Å². The summed E-state index contributed by atoms with van der Waals surface area (Å²) in [5.41, 5.74) is 4.93. The molecule has 5 nitrogen and oxygen atoms in total. The van der Waals surface area contributed by atoms with Gasteiger partial charge in [0.1, 0.15) is 0 Å². The van der Waals surface area contributed by atoms with E-state index in [1.54, 1.807) is 0 Å². The first-order valence-electron chi connectivity index (χ1n) is 13.8. The Morgan fingerprint density at radius 2 is 1.83 bits per heavy atom. The van der Waals surface area contributed by atoms with Gasteiger partial charge in [-0.25, -0.2) is 0 Å². The third-order valence-corrected chi connectivity index (χ3v) is 10.3. The van der Waals surface area contributed by atoms with Crippen molar-refractivity contribution in [3.8, 4) is 0 Å². The molecule has 0 unspecified atom stereocenters. The van der Waals surface area contributed by atoms with Gasteiger partial charge in [-0.1, -0.05) is 27.7 Å². The third kappa shape index (κ3) is 5.65. The number of pyridine rings is 1. The lowest BCUT2D eigenvalue weighted by molar-refractivity contribution is 0.0747. The highest BCUT2D eigenvalue weighted by Crippen LogP contribution is 2.42. The van der Waals surface area contributed by atoms with Gasteiger partial charge in [-0.3, -0.25) is 9.59 Å². The van der Waals surface area contributed by atoms with Crippen LogP contribution in [0, 0.1) is 32.1 Å². The lowest BCUT2D eigenvalue weighted by Crippen LogP contribution is -2.40. The molecule has 1 fully saturated rings. The van der Waals surface area contributed by atoms with Crippen molar-refractivity contribution in [2.75, 3.05) is 26.2 Å². The maximum atomic E-state index is 13.8. The molecule has 6 heteroatoms. The Morgan fingerprint density at radius 1 is 1.14 bits per heavy atom. The number of carbonyl (C=O) groups is 1. The van der Waals surface area contributed by atoms with Crippen molar-refractivity contribution in [2.24, 2.45) is 11.3 Å². The number of aryl methyl sites for hydroxylation is 3. The SMILES string of the molecule is CCC(C)(C)CN1CCC([C@@H](C)c2sc3c(c2C)C(=O)N(Cc2c(C)cc(C)[nH]c2=O)CCC3)CC1. The molecule has 2 aromatic heterocycles. The summed E-state index contributed by atoms with van der Waals surface area (Å²) in [7, 11) is 0. The molecule has 4 heterocycles. The molecule has 36 heavy (non-hydrogen) atoms. The molecule has 1 saturated heterocycles. The van der Waals surface area contributed by atoms with E-state index >= 15 is 0 Å². The minimum absolute atomic E-state index is 0.0743. The van der Waals surface area contributed by atoms with Crippen molar-refractivity contribution in [3.05, 3.63) is 54.1 Å². The summed E-state index contributed by atoms with van der Waals surface area (Å²) in [4.78, 5) is 36.5. The van der Waals surface area contributed by atoms with Gasteiger partial charge in [-0.05, 0) is 100 Å². The van der Waals surface area contributed by atoms with Crippen molar-refractivity contribution in [1.82, 2.24) is 14.8 Å². The minimum atomic E-state index is -0.0743. The fourth-order valence-electron chi connectivity index (χ4n) is 6.13. The van der Waals surface area contributed by atoms with Gasteiger partial charge in [0, 0.05) is 34.1 Å². The lowest BCUT2D eigenvalue weighted by atomic mass is 9.82. The number of nitrogens with zero attached hydrogens (tertiary/aromatic N) is 2. The number of likely N-dealkylation sites (tertiary alicyclic amines) is 1. The number of aromatic nitrogens is 1. The van der Waals surface area contributed by atoms with E-state index in [1.165, 1.54) is 54.2 Å².